The lowest BCUT2D eigenvalue weighted by molar-refractivity contribution is -0.132. The minimum absolute atomic E-state index is 0. The molecule has 0 aliphatic carbocycles. The van der Waals surface area contributed by atoms with Crippen molar-refractivity contribution in [1.29, 1.82) is 0 Å². The van der Waals surface area contributed by atoms with E-state index in [2.05, 4.69) is 22.2 Å². The number of amides is 1. The molecule has 0 bridgehead atoms. The lowest BCUT2D eigenvalue weighted by atomic mass is 10.0. The maximum atomic E-state index is 15.2. The van der Waals surface area contributed by atoms with E-state index >= 15 is 4.39 Å². The number of piperazine rings is 1. The monoisotopic (exact) mass is 496 g/mol. The van der Waals surface area contributed by atoms with E-state index in [4.69, 9.17) is 15.2 Å². The van der Waals surface area contributed by atoms with Crippen LogP contribution in [0.25, 0.3) is 10.9 Å². The Balaban J connectivity index is 0.00000324. The number of carbonyl (C=O) groups excluding carboxylic acids is 1. The zero-order valence-electron chi connectivity index (χ0n) is 20.0. The fourth-order valence-electron chi connectivity index (χ4n) is 4.80. The molecular formula is C23H34ClFN6O3. The molecule has 1 amide bonds. The fraction of sp³-hybridized carbons (Fsp3) is 0.609. The van der Waals surface area contributed by atoms with Gasteiger partial charge in [0.05, 0.1) is 14.2 Å². The second-order valence-electron chi connectivity index (χ2n) is 8.68. The smallest absolute Gasteiger partial charge is 0.228 e. The van der Waals surface area contributed by atoms with E-state index in [1.54, 1.807) is 6.07 Å². The fourth-order valence-corrected chi connectivity index (χ4v) is 4.80. The Morgan fingerprint density at radius 3 is 2.71 bits per heavy atom. The lowest BCUT2D eigenvalue weighted by Crippen LogP contribution is -2.56. The van der Waals surface area contributed by atoms with Crippen LogP contribution in [-0.2, 0) is 4.79 Å². The Bertz CT molecular complexity index is 1020. The second kappa shape index (κ2) is 11.2. The average molecular weight is 497 g/mol. The summed E-state index contributed by atoms with van der Waals surface area (Å²) in [7, 11) is 2.82. The van der Waals surface area contributed by atoms with Gasteiger partial charge in [0.1, 0.15) is 11.3 Å². The summed E-state index contributed by atoms with van der Waals surface area (Å²) in [5.74, 6) is 0.286. The van der Waals surface area contributed by atoms with Crippen molar-refractivity contribution in [3.63, 3.8) is 0 Å². The second-order valence-corrected chi connectivity index (χ2v) is 8.68. The molecule has 4 rings (SSSR count). The molecule has 1 aromatic heterocycles. The topological polar surface area (TPSA) is 106 Å². The Hall–Kier alpha value is -2.59. The van der Waals surface area contributed by atoms with Crippen LogP contribution in [0.3, 0.4) is 0 Å². The maximum absolute atomic E-state index is 15.2. The quantitative estimate of drug-likeness (QED) is 0.629. The summed E-state index contributed by atoms with van der Waals surface area (Å²) in [4.78, 5) is 25.9. The first kappa shape index (κ1) is 26.0. The van der Waals surface area contributed by atoms with Crippen molar-refractivity contribution in [2.75, 3.05) is 51.0 Å². The number of hydrogen-bond acceptors (Lipinski definition) is 8. The molecule has 9 nitrogen and oxygen atoms in total. The molecule has 188 valence electrons. The molecule has 0 spiro atoms. The van der Waals surface area contributed by atoms with Gasteiger partial charge < -0.3 is 30.3 Å². The SMILES string of the molecule is CC[C@H]1CN(C(=O)C[C@@H]2CCCCN2)CCN1c1nc(N)c2cc(OC)c(OC)c(F)c2n1.Cl. The van der Waals surface area contributed by atoms with Crippen molar-refractivity contribution in [2.24, 2.45) is 0 Å². The number of piperidine rings is 1. The zero-order chi connectivity index (χ0) is 23.5. The molecule has 11 heteroatoms. The highest BCUT2D eigenvalue weighted by molar-refractivity contribution is 5.92. The Morgan fingerprint density at radius 2 is 2.06 bits per heavy atom. The van der Waals surface area contributed by atoms with E-state index in [0.717, 1.165) is 19.4 Å². The molecule has 0 unspecified atom stereocenters. The van der Waals surface area contributed by atoms with Crippen LogP contribution >= 0.6 is 12.4 Å². The van der Waals surface area contributed by atoms with Crippen LogP contribution in [-0.4, -0.2) is 73.3 Å². The van der Waals surface area contributed by atoms with E-state index in [1.165, 1.54) is 27.1 Å². The number of fused-ring (bicyclic) bond motifs is 1. The van der Waals surface area contributed by atoms with Gasteiger partial charge in [0.2, 0.25) is 11.9 Å². The van der Waals surface area contributed by atoms with E-state index in [9.17, 15) is 4.79 Å². The first-order chi connectivity index (χ1) is 16.0. The summed E-state index contributed by atoms with van der Waals surface area (Å²) in [6, 6.07) is 1.87. The van der Waals surface area contributed by atoms with E-state index < -0.39 is 5.82 Å². The van der Waals surface area contributed by atoms with E-state index in [1.807, 2.05) is 9.80 Å². The highest BCUT2D eigenvalue weighted by atomic mass is 35.5. The normalized spacial score (nSPS) is 20.7. The first-order valence-electron chi connectivity index (χ1n) is 11.6. The molecule has 2 aliphatic rings. The minimum Gasteiger partial charge on any atom is -0.493 e. The van der Waals surface area contributed by atoms with Gasteiger partial charge in [-0.3, -0.25) is 4.79 Å². The number of methoxy groups -OCH3 is 2. The number of carbonyl (C=O) groups is 1. The van der Waals surface area contributed by atoms with Crippen molar-refractivity contribution in [2.45, 2.75) is 51.1 Å². The van der Waals surface area contributed by atoms with Gasteiger partial charge in [-0.1, -0.05) is 13.3 Å². The van der Waals surface area contributed by atoms with E-state index in [0.29, 0.717) is 37.4 Å². The Morgan fingerprint density at radius 1 is 1.26 bits per heavy atom. The molecule has 2 saturated heterocycles. The van der Waals surface area contributed by atoms with Gasteiger partial charge in [0.15, 0.2) is 17.3 Å². The number of aromatic nitrogens is 2. The molecular weight excluding hydrogens is 463 g/mol. The number of nitrogens with zero attached hydrogens (tertiary/aromatic N) is 4. The molecule has 3 heterocycles. The van der Waals surface area contributed by atoms with Gasteiger partial charge in [-0.2, -0.15) is 4.98 Å². The van der Waals surface area contributed by atoms with Crippen LogP contribution in [0.5, 0.6) is 11.5 Å². The summed E-state index contributed by atoms with van der Waals surface area (Å²) in [5, 5.41) is 3.82. The number of hydrogen-bond donors (Lipinski definition) is 2. The molecule has 0 saturated carbocycles. The third-order valence-corrected chi connectivity index (χ3v) is 6.69. The molecule has 34 heavy (non-hydrogen) atoms. The standard InChI is InChI=1S/C23H33FN6O3.ClH/c1-4-15-13-29(18(31)11-14-7-5-6-8-26-14)9-10-30(15)23-27-20-16(22(25)28-23)12-17(32-2)21(33-3)19(20)24;/h12,14-15,26H,4-11,13H2,1-3H3,(H2,25,27,28);1H/t14-,15-;/m0./s1. The van der Waals surface area contributed by atoms with Crippen LogP contribution < -0.4 is 25.4 Å². The van der Waals surface area contributed by atoms with Crippen molar-refractivity contribution in [3.8, 4) is 11.5 Å². The molecule has 2 aliphatic heterocycles. The number of ether oxygens (including phenoxy) is 2. The van der Waals surface area contributed by atoms with Crippen LogP contribution in [0.4, 0.5) is 16.2 Å². The molecule has 3 N–H and O–H groups in total. The molecule has 2 aromatic rings. The van der Waals surface area contributed by atoms with Crippen molar-refractivity contribution in [3.05, 3.63) is 11.9 Å². The predicted octanol–water partition coefficient (Wildman–Crippen LogP) is 2.75. The van der Waals surface area contributed by atoms with E-state index in [-0.39, 0.29) is 53.2 Å². The van der Waals surface area contributed by atoms with Gasteiger partial charge in [-0.05, 0) is 31.9 Å². The van der Waals surface area contributed by atoms with Crippen LogP contribution in [0, 0.1) is 5.82 Å². The van der Waals surface area contributed by atoms with Crippen molar-refractivity contribution >= 4 is 41.0 Å². The summed E-state index contributed by atoms with van der Waals surface area (Å²) in [6.07, 6.45) is 4.72. The van der Waals surface area contributed by atoms with Crippen LogP contribution in [0.1, 0.15) is 39.0 Å². The predicted molar refractivity (Wildman–Crippen MR) is 133 cm³/mol. The Labute approximate surface area is 205 Å². The number of halogens is 2. The van der Waals surface area contributed by atoms with Gasteiger partial charge in [-0.25, -0.2) is 9.37 Å². The highest BCUT2D eigenvalue weighted by Crippen LogP contribution is 2.38. The van der Waals surface area contributed by atoms with Gasteiger partial charge >= 0.3 is 0 Å². The lowest BCUT2D eigenvalue weighted by Gasteiger charge is -2.41. The number of anilines is 2. The zero-order valence-corrected chi connectivity index (χ0v) is 20.8. The van der Waals surface area contributed by atoms with Crippen molar-refractivity contribution in [1.82, 2.24) is 20.2 Å². The number of rotatable bonds is 6. The summed E-state index contributed by atoms with van der Waals surface area (Å²) in [6.45, 7) is 4.75. The number of benzene rings is 1. The third-order valence-electron chi connectivity index (χ3n) is 6.69. The molecule has 2 atom stereocenters. The summed E-state index contributed by atoms with van der Waals surface area (Å²) in [5.41, 5.74) is 6.29. The van der Waals surface area contributed by atoms with Crippen molar-refractivity contribution < 1.29 is 18.7 Å². The third kappa shape index (κ3) is 5.07. The van der Waals surface area contributed by atoms with Gasteiger partial charge in [-0.15, -0.1) is 12.4 Å². The minimum atomic E-state index is -0.635. The average Bonchev–Trinajstić information content (AvgIpc) is 2.84. The van der Waals surface area contributed by atoms with Crippen LogP contribution in [0.15, 0.2) is 6.07 Å². The number of nitrogens with two attached hydrogens (primary N) is 1. The first-order valence-corrected chi connectivity index (χ1v) is 11.6. The van der Waals surface area contributed by atoms with Crippen LogP contribution in [0.2, 0.25) is 0 Å². The maximum Gasteiger partial charge on any atom is 0.228 e. The summed E-state index contributed by atoms with van der Waals surface area (Å²) >= 11 is 0. The summed E-state index contributed by atoms with van der Waals surface area (Å²) < 4.78 is 25.6. The highest BCUT2D eigenvalue weighted by Gasteiger charge is 2.32. The molecule has 2 fully saturated rings. The number of nitrogen functional groups attached to an aromatic ring is 1. The Kier molecular flexibility index (Phi) is 8.59. The number of nitrogens with one attached hydrogen (secondary N) is 1. The van der Waals surface area contributed by atoms with Gasteiger partial charge in [0.25, 0.3) is 0 Å². The molecule has 0 radical (unpaired) electrons. The van der Waals surface area contributed by atoms with Gasteiger partial charge in [0, 0.05) is 43.5 Å². The molecule has 1 aromatic carbocycles. The largest absolute Gasteiger partial charge is 0.493 e.